The largest absolute Gasteiger partial charge is 0.466 e. The van der Waals surface area contributed by atoms with E-state index in [1.54, 1.807) is 0 Å². The third-order valence-corrected chi connectivity index (χ3v) is 4.44. The summed E-state index contributed by atoms with van der Waals surface area (Å²) in [5, 5.41) is 3.70. The molecular weight excluding hydrogens is 274 g/mol. The monoisotopic (exact) mass is 303 g/mol. The van der Waals surface area contributed by atoms with E-state index in [9.17, 15) is 4.79 Å². The van der Waals surface area contributed by atoms with Gasteiger partial charge >= 0.3 is 5.97 Å². The van der Waals surface area contributed by atoms with E-state index in [0.29, 0.717) is 12.6 Å². The number of esters is 1. The standard InChI is InChI=1S/C19H29NO2/c1-5-22-18(21)14-10-12-15(13-11-14)20-17-9-7-6-8-16(17)19(2,3)4/h6-9,14-15,20H,5,10-13H2,1-4H3. The molecule has 0 amide bonds. The molecule has 3 nitrogen and oxygen atoms in total. The predicted molar refractivity (Wildman–Crippen MR) is 91.1 cm³/mol. The van der Waals surface area contributed by atoms with Crippen molar-refractivity contribution in [1.82, 2.24) is 0 Å². The van der Waals surface area contributed by atoms with E-state index in [4.69, 9.17) is 4.74 Å². The van der Waals surface area contributed by atoms with Crippen LogP contribution >= 0.6 is 0 Å². The Balaban J connectivity index is 1.96. The molecule has 1 aliphatic carbocycles. The maximum atomic E-state index is 11.8. The average Bonchev–Trinajstić information content (AvgIpc) is 2.48. The van der Waals surface area contributed by atoms with E-state index in [0.717, 1.165) is 25.7 Å². The molecule has 22 heavy (non-hydrogen) atoms. The van der Waals surface area contributed by atoms with Gasteiger partial charge < -0.3 is 10.1 Å². The quantitative estimate of drug-likeness (QED) is 0.831. The third kappa shape index (κ3) is 4.25. The molecule has 0 radical (unpaired) electrons. The highest BCUT2D eigenvalue weighted by atomic mass is 16.5. The molecule has 0 atom stereocenters. The fourth-order valence-corrected chi connectivity index (χ4v) is 3.22. The van der Waals surface area contributed by atoms with E-state index in [1.165, 1.54) is 11.3 Å². The summed E-state index contributed by atoms with van der Waals surface area (Å²) in [5.74, 6) is 0.0758. The van der Waals surface area contributed by atoms with Crippen molar-refractivity contribution in [2.45, 2.75) is 64.8 Å². The van der Waals surface area contributed by atoms with Crippen molar-refractivity contribution >= 4 is 11.7 Å². The van der Waals surface area contributed by atoms with Crippen LogP contribution < -0.4 is 5.32 Å². The molecule has 1 aliphatic rings. The van der Waals surface area contributed by atoms with E-state index >= 15 is 0 Å². The molecule has 122 valence electrons. The van der Waals surface area contributed by atoms with Crippen LogP contribution in [0.3, 0.4) is 0 Å². The molecule has 0 unspecified atom stereocenters. The van der Waals surface area contributed by atoms with Crippen molar-refractivity contribution in [3.05, 3.63) is 29.8 Å². The summed E-state index contributed by atoms with van der Waals surface area (Å²) in [5.41, 5.74) is 2.71. The molecule has 0 aromatic heterocycles. The van der Waals surface area contributed by atoms with Gasteiger partial charge in [0, 0.05) is 11.7 Å². The molecular formula is C19H29NO2. The molecule has 3 heteroatoms. The Kier molecular flexibility index (Phi) is 5.49. The molecule has 1 N–H and O–H groups in total. The highest BCUT2D eigenvalue weighted by Gasteiger charge is 2.28. The van der Waals surface area contributed by atoms with Crippen LogP contribution in [-0.4, -0.2) is 18.6 Å². The second-order valence-corrected chi connectivity index (χ2v) is 7.24. The number of para-hydroxylation sites is 1. The van der Waals surface area contributed by atoms with Gasteiger partial charge in [-0.05, 0) is 49.7 Å². The third-order valence-electron chi connectivity index (χ3n) is 4.44. The Morgan fingerprint density at radius 2 is 1.82 bits per heavy atom. The lowest BCUT2D eigenvalue weighted by atomic mass is 9.83. The number of carbonyl (C=O) groups is 1. The fourth-order valence-electron chi connectivity index (χ4n) is 3.22. The van der Waals surface area contributed by atoms with Gasteiger partial charge in [0.2, 0.25) is 0 Å². The van der Waals surface area contributed by atoms with Crippen molar-refractivity contribution in [2.24, 2.45) is 5.92 Å². The minimum absolute atomic E-state index is 0.0176. The van der Waals surface area contributed by atoms with Gasteiger partial charge in [-0.2, -0.15) is 0 Å². The molecule has 0 heterocycles. The molecule has 2 rings (SSSR count). The normalized spacial score (nSPS) is 22.2. The van der Waals surface area contributed by atoms with Gasteiger partial charge in [-0.25, -0.2) is 0 Å². The van der Waals surface area contributed by atoms with E-state index in [2.05, 4.69) is 50.4 Å². The zero-order valence-corrected chi connectivity index (χ0v) is 14.3. The Labute approximate surface area is 134 Å². The first-order valence-electron chi connectivity index (χ1n) is 8.44. The van der Waals surface area contributed by atoms with Gasteiger partial charge in [-0.3, -0.25) is 4.79 Å². The molecule has 0 spiro atoms. The second-order valence-electron chi connectivity index (χ2n) is 7.24. The maximum absolute atomic E-state index is 11.8. The SMILES string of the molecule is CCOC(=O)C1CCC(Nc2ccccc2C(C)(C)C)CC1. The van der Waals surface area contributed by atoms with Crippen LogP contribution in [0.25, 0.3) is 0 Å². The molecule has 1 aromatic rings. The highest BCUT2D eigenvalue weighted by molar-refractivity contribution is 5.72. The lowest BCUT2D eigenvalue weighted by molar-refractivity contribution is -0.149. The maximum Gasteiger partial charge on any atom is 0.308 e. The van der Waals surface area contributed by atoms with Crippen molar-refractivity contribution in [3.8, 4) is 0 Å². The van der Waals surface area contributed by atoms with Gasteiger partial charge in [0.25, 0.3) is 0 Å². The average molecular weight is 303 g/mol. The second kappa shape index (κ2) is 7.17. The van der Waals surface area contributed by atoms with Crippen molar-refractivity contribution in [3.63, 3.8) is 0 Å². The summed E-state index contributed by atoms with van der Waals surface area (Å²) >= 11 is 0. The molecule has 0 aliphatic heterocycles. The van der Waals surface area contributed by atoms with Crippen molar-refractivity contribution in [2.75, 3.05) is 11.9 Å². The Morgan fingerprint density at radius 1 is 1.18 bits per heavy atom. The van der Waals surface area contributed by atoms with Gasteiger partial charge in [-0.15, -0.1) is 0 Å². The summed E-state index contributed by atoms with van der Waals surface area (Å²) in [7, 11) is 0. The van der Waals surface area contributed by atoms with Gasteiger partial charge in [0.15, 0.2) is 0 Å². The van der Waals surface area contributed by atoms with Crippen LogP contribution in [0.5, 0.6) is 0 Å². The predicted octanol–water partition coefficient (Wildman–Crippen LogP) is 4.52. The minimum Gasteiger partial charge on any atom is -0.466 e. The zero-order chi connectivity index (χ0) is 16.2. The zero-order valence-electron chi connectivity index (χ0n) is 14.3. The van der Waals surface area contributed by atoms with Gasteiger partial charge in [0.05, 0.1) is 12.5 Å². The Bertz CT molecular complexity index is 496. The smallest absolute Gasteiger partial charge is 0.308 e. The van der Waals surface area contributed by atoms with Crippen LogP contribution in [0.4, 0.5) is 5.69 Å². The molecule has 1 saturated carbocycles. The summed E-state index contributed by atoms with van der Waals surface area (Å²) in [6.45, 7) is 9.08. The number of benzene rings is 1. The topological polar surface area (TPSA) is 38.3 Å². The molecule has 0 bridgehead atoms. The lowest BCUT2D eigenvalue weighted by Crippen LogP contribution is -2.31. The minimum atomic E-state index is -0.0176. The van der Waals surface area contributed by atoms with E-state index < -0.39 is 0 Å². The number of hydrogen-bond acceptors (Lipinski definition) is 3. The van der Waals surface area contributed by atoms with Gasteiger partial charge in [0.1, 0.15) is 0 Å². The molecule has 0 saturated heterocycles. The van der Waals surface area contributed by atoms with E-state index in [-0.39, 0.29) is 17.3 Å². The van der Waals surface area contributed by atoms with E-state index in [1.807, 2.05) is 6.92 Å². The number of anilines is 1. The number of nitrogens with one attached hydrogen (secondary N) is 1. The van der Waals surface area contributed by atoms with Crippen LogP contribution in [0, 0.1) is 5.92 Å². The van der Waals surface area contributed by atoms with Crippen molar-refractivity contribution < 1.29 is 9.53 Å². The number of carbonyl (C=O) groups excluding carboxylic acids is 1. The summed E-state index contributed by atoms with van der Waals surface area (Å²) in [6.07, 6.45) is 3.91. The van der Waals surface area contributed by atoms with Gasteiger partial charge in [-0.1, -0.05) is 39.0 Å². The van der Waals surface area contributed by atoms with Crippen LogP contribution in [-0.2, 0) is 14.9 Å². The Morgan fingerprint density at radius 3 is 2.41 bits per heavy atom. The first-order chi connectivity index (χ1) is 10.4. The summed E-state index contributed by atoms with van der Waals surface area (Å²) in [4.78, 5) is 11.8. The van der Waals surface area contributed by atoms with Crippen LogP contribution in [0.2, 0.25) is 0 Å². The lowest BCUT2D eigenvalue weighted by Gasteiger charge is -2.31. The fraction of sp³-hybridized carbons (Fsp3) is 0.632. The molecule has 1 fully saturated rings. The van der Waals surface area contributed by atoms with Crippen LogP contribution in [0.15, 0.2) is 24.3 Å². The summed E-state index contributed by atoms with van der Waals surface area (Å²) < 4.78 is 5.14. The Hall–Kier alpha value is -1.51. The molecule has 1 aromatic carbocycles. The van der Waals surface area contributed by atoms with Crippen molar-refractivity contribution in [1.29, 1.82) is 0 Å². The number of hydrogen-bond donors (Lipinski definition) is 1. The number of rotatable bonds is 4. The number of ether oxygens (including phenoxy) is 1. The summed E-state index contributed by atoms with van der Waals surface area (Å²) in [6, 6.07) is 9.00. The first-order valence-corrected chi connectivity index (χ1v) is 8.44. The van der Waals surface area contributed by atoms with Crippen LogP contribution in [0.1, 0.15) is 58.9 Å². The first kappa shape index (κ1) is 16.9. The highest BCUT2D eigenvalue weighted by Crippen LogP contribution is 2.32.